The highest BCUT2D eigenvalue weighted by Crippen LogP contribution is 2.69. The maximum atomic E-state index is 6.85. The van der Waals surface area contributed by atoms with Gasteiger partial charge >= 0.3 is 0 Å². The first-order chi connectivity index (χ1) is 19.8. The zero-order valence-corrected chi connectivity index (χ0v) is 24.9. The summed E-state index contributed by atoms with van der Waals surface area (Å²) in [5.74, 6) is 0. The number of halogens is 1. The predicted molar refractivity (Wildman–Crippen MR) is 163 cm³/mol. The van der Waals surface area contributed by atoms with Crippen molar-refractivity contribution < 1.29 is 14.2 Å². The Kier molecular flexibility index (Phi) is 9.40. The van der Waals surface area contributed by atoms with Crippen LogP contribution in [-0.2, 0) is 14.2 Å². The molecule has 40 heavy (non-hydrogen) atoms. The minimum Gasteiger partial charge on any atom is -0.379 e. The van der Waals surface area contributed by atoms with Gasteiger partial charge in [0.05, 0.1) is 50.4 Å². The quantitative estimate of drug-likeness (QED) is 0.364. The lowest BCUT2D eigenvalue weighted by atomic mass is 9.94. The van der Waals surface area contributed by atoms with Gasteiger partial charge in [0.25, 0.3) is 0 Å². The van der Waals surface area contributed by atoms with Crippen molar-refractivity contribution in [3.8, 4) is 0 Å². The summed E-state index contributed by atoms with van der Waals surface area (Å²) in [5.41, 5.74) is 4.92. The van der Waals surface area contributed by atoms with Gasteiger partial charge in [-0.2, -0.15) is 0 Å². The summed E-state index contributed by atoms with van der Waals surface area (Å²) in [6.07, 6.45) is 5.60. The van der Waals surface area contributed by atoms with E-state index in [2.05, 4.69) is 62.8 Å². The second-order valence-corrected chi connectivity index (χ2v) is 14.0. The zero-order chi connectivity index (χ0) is 27.2. The molecule has 0 N–H and O–H groups in total. The van der Waals surface area contributed by atoms with Crippen molar-refractivity contribution in [3.63, 3.8) is 0 Å². The summed E-state index contributed by atoms with van der Waals surface area (Å²) in [7, 11) is -2.43. The molecule has 0 aromatic heterocycles. The van der Waals surface area contributed by atoms with Gasteiger partial charge in [-0.05, 0) is 48.6 Å². The van der Waals surface area contributed by atoms with Crippen LogP contribution in [0.15, 0.2) is 75.9 Å². The van der Waals surface area contributed by atoms with Gasteiger partial charge in [-0.15, -0.1) is 0 Å². The molecule has 0 unspecified atom stereocenters. The number of hydrogen-bond donors (Lipinski definition) is 0. The van der Waals surface area contributed by atoms with Crippen molar-refractivity contribution in [1.29, 1.82) is 0 Å². The summed E-state index contributed by atoms with van der Waals surface area (Å²) < 4.78 is 28.8. The summed E-state index contributed by atoms with van der Waals surface area (Å²) >= 11 is 6.85. The van der Waals surface area contributed by atoms with Crippen LogP contribution in [-0.4, -0.2) is 93.2 Å². The molecule has 0 spiro atoms. The number of morpholine rings is 3. The maximum Gasteiger partial charge on any atom is 0.131 e. The largest absolute Gasteiger partial charge is 0.379 e. The van der Waals surface area contributed by atoms with E-state index in [0.29, 0.717) is 5.02 Å². The van der Waals surface area contributed by atoms with Crippen LogP contribution in [0.3, 0.4) is 0 Å². The average molecular weight is 583 g/mol. The van der Waals surface area contributed by atoms with Crippen LogP contribution in [0.4, 0.5) is 5.69 Å². The lowest BCUT2D eigenvalue weighted by molar-refractivity contribution is 0.0526. The van der Waals surface area contributed by atoms with Crippen LogP contribution in [0.25, 0.3) is 6.08 Å². The summed E-state index contributed by atoms with van der Waals surface area (Å²) in [5, 5.41) is 2.18. The molecule has 0 bridgehead atoms. The molecule has 7 nitrogen and oxygen atoms in total. The first-order valence-electron chi connectivity index (χ1n) is 14.6. The molecule has 1 aliphatic carbocycles. The summed E-state index contributed by atoms with van der Waals surface area (Å²) in [4.78, 5) is 2.59. The molecule has 0 atom stereocenters. The lowest BCUT2D eigenvalue weighted by Gasteiger charge is -2.50. The number of ether oxygens (including phenoxy) is 3. The van der Waals surface area contributed by atoms with Crippen LogP contribution in [0.1, 0.15) is 24.8 Å². The molecule has 3 fully saturated rings. The molecule has 9 heteroatoms. The molecular formula is C31H40ClN4O3P. The molecule has 0 saturated carbocycles. The first kappa shape index (κ1) is 28.2. The van der Waals surface area contributed by atoms with E-state index >= 15 is 0 Å². The van der Waals surface area contributed by atoms with Crippen LogP contribution in [0, 0.1) is 0 Å². The summed E-state index contributed by atoms with van der Waals surface area (Å²) in [6, 6.07) is 18.8. The van der Waals surface area contributed by atoms with E-state index in [0.717, 1.165) is 104 Å². The SMILES string of the molecule is Clc1ccccc1N=P(C1=C(N2CCOCC2)C(=Cc2ccccc2)CCC1)(N1CCOCC1)N1CCOCC1. The average Bonchev–Trinajstić information content (AvgIpc) is 3.02. The number of allylic oxidation sites excluding steroid dienone is 2. The van der Waals surface area contributed by atoms with Crippen molar-refractivity contribution in [1.82, 2.24) is 14.2 Å². The normalized spacial score (nSPS) is 23.0. The van der Waals surface area contributed by atoms with Crippen molar-refractivity contribution in [2.45, 2.75) is 19.3 Å². The Morgan fingerprint density at radius 1 is 0.700 bits per heavy atom. The zero-order valence-electron chi connectivity index (χ0n) is 23.2. The number of nitrogens with zero attached hydrogens (tertiary/aromatic N) is 4. The fourth-order valence-electron chi connectivity index (χ4n) is 6.28. The molecule has 6 rings (SSSR count). The summed E-state index contributed by atoms with van der Waals surface area (Å²) in [6.45, 7) is 9.59. The van der Waals surface area contributed by atoms with E-state index in [9.17, 15) is 0 Å². The van der Waals surface area contributed by atoms with Gasteiger partial charge in [0.15, 0.2) is 0 Å². The van der Waals surface area contributed by atoms with Gasteiger partial charge in [0.2, 0.25) is 0 Å². The molecule has 4 aliphatic rings. The van der Waals surface area contributed by atoms with Crippen LogP contribution in [0.2, 0.25) is 5.02 Å². The highest BCUT2D eigenvalue weighted by atomic mass is 35.5. The Morgan fingerprint density at radius 2 is 1.27 bits per heavy atom. The van der Waals surface area contributed by atoms with Gasteiger partial charge in [-0.25, -0.2) is 14.1 Å². The van der Waals surface area contributed by atoms with E-state index in [1.807, 2.05) is 12.1 Å². The predicted octanol–water partition coefficient (Wildman–Crippen LogP) is 6.48. The molecular weight excluding hydrogens is 543 g/mol. The second-order valence-electron chi connectivity index (χ2n) is 10.6. The number of hydrogen-bond acceptors (Lipinski definition) is 5. The van der Waals surface area contributed by atoms with Gasteiger partial charge in [0.1, 0.15) is 7.36 Å². The van der Waals surface area contributed by atoms with Gasteiger partial charge in [-0.1, -0.05) is 54.1 Å². The van der Waals surface area contributed by atoms with E-state index in [-0.39, 0.29) is 0 Å². The molecule has 2 aromatic carbocycles. The van der Waals surface area contributed by atoms with Crippen molar-refractivity contribution in [2.75, 3.05) is 78.9 Å². The van der Waals surface area contributed by atoms with E-state index < -0.39 is 7.36 Å². The minimum absolute atomic E-state index is 0.706. The molecule has 3 saturated heterocycles. The fourth-order valence-corrected chi connectivity index (χ4v) is 10.9. The van der Waals surface area contributed by atoms with E-state index in [1.54, 1.807) is 0 Å². The molecule has 0 radical (unpaired) electrons. The second kappa shape index (κ2) is 13.3. The molecule has 2 aromatic rings. The smallest absolute Gasteiger partial charge is 0.131 e. The van der Waals surface area contributed by atoms with Crippen molar-refractivity contribution >= 4 is 30.7 Å². The Hall–Kier alpha value is -1.96. The Bertz CT molecular complexity index is 1240. The third kappa shape index (κ3) is 5.98. The van der Waals surface area contributed by atoms with Crippen LogP contribution in [0.5, 0.6) is 0 Å². The molecule has 214 valence electrons. The third-order valence-corrected chi connectivity index (χ3v) is 12.5. The van der Waals surface area contributed by atoms with Crippen LogP contribution >= 0.6 is 19.0 Å². The minimum atomic E-state index is -2.43. The Morgan fingerprint density at radius 3 is 1.90 bits per heavy atom. The maximum absolute atomic E-state index is 6.85. The Labute approximate surface area is 243 Å². The number of benzene rings is 2. The van der Waals surface area contributed by atoms with Crippen molar-refractivity contribution in [2.24, 2.45) is 4.74 Å². The molecule has 3 heterocycles. The van der Waals surface area contributed by atoms with Gasteiger partial charge < -0.3 is 19.1 Å². The fraction of sp³-hybridized carbons (Fsp3) is 0.484. The van der Waals surface area contributed by atoms with Gasteiger partial charge in [-0.3, -0.25) is 0 Å². The monoisotopic (exact) mass is 582 g/mol. The first-order valence-corrected chi connectivity index (χ1v) is 16.6. The van der Waals surface area contributed by atoms with Gasteiger partial charge in [0, 0.05) is 50.3 Å². The standard InChI is InChI=1S/C31H40ClN4O3P/c32-28-10-4-5-11-29(28)33-40(35-15-21-38-22-16-35,36-17-23-39-24-18-36)30-12-6-9-27(25-26-7-2-1-3-8-26)31(30)34-13-19-37-20-14-34/h1-5,7-8,10-11,25H,6,9,12-24H2. The number of rotatable bonds is 6. The molecule has 3 aliphatic heterocycles. The Balaban J connectivity index is 1.64. The highest BCUT2D eigenvalue weighted by molar-refractivity contribution is 7.66. The van der Waals surface area contributed by atoms with E-state index in [4.69, 9.17) is 30.6 Å². The topological polar surface area (TPSA) is 49.8 Å². The molecule has 0 amide bonds. The highest BCUT2D eigenvalue weighted by Gasteiger charge is 2.43. The third-order valence-electron chi connectivity index (χ3n) is 8.13. The lowest BCUT2D eigenvalue weighted by Crippen LogP contribution is -2.45. The van der Waals surface area contributed by atoms with Crippen LogP contribution < -0.4 is 0 Å². The van der Waals surface area contributed by atoms with Crippen molar-refractivity contribution in [3.05, 3.63) is 81.8 Å². The van der Waals surface area contributed by atoms with E-state index in [1.165, 1.54) is 22.1 Å².